The van der Waals surface area contributed by atoms with Gasteiger partial charge in [0.2, 0.25) is 5.88 Å². The SMILES string of the molecule is CC(C)c1cc(=O)oc2cc(Oc3nc(-c4cccnc4)nc4ccccc34)ccc12. The predicted molar refractivity (Wildman–Crippen MR) is 119 cm³/mol. The number of rotatable bonds is 4. The lowest BCUT2D eigenvalue weighted by Crippen LogP contribution is -2.02. The van der Waals surface area contributed by atoms with Crippen LogP contribution in [0.4, 0.5) is 0 Å². The maximum absolute atomic E-state index is 12.0. The van der Waals surface area contributed by atoms with Gasteiger partial charge >= 0.3 is 5.63 Å². The Kier molecular flexibility index (Phi) is 4.67. The largest absolute Gasteiger partial charge is 0.438 e. The topological polar surface area (TPSA) is 78.1 Å². The van der Waals surface area contributed by atoms with Gasteiger partial charge in [-0.3, -0.25) is 4.98 Å². The van der Waals surface area contributed by atoms with Gasteiger partial charge in [0, 0.05) is 35.5 Å². The minimum absolute atomic E-state index is 0.200. The number of nitrogens with zero attached hydrogens (tertiary/aromatic N) is 3. The molecule has 0 saturated heterocycles. The molecule has 3 aromatic heterocycles. The average Bonchev–Trinajstić information content (AvgIpc) is 2.78. The van der Waals surface area contributed by atoms with Crippen LogP contribution in [0, 0.1) is 0 Å². The molecule has 0 aliphatic heterocycles. The fourth-order valence-electron chi connectivity index (χ4n) is 3.57. The van der Waals surface area contributed by atoms with Crippen LogP contribution in [0.5, 0.6) is 11.6 Å². The van der Waals surface area contributed by atoms with Crippen molar-refractivity contribution < 1.29 is 9.15 Å². The summed E-state index contributed by atoms with van der Waals surface area (Å²) in [5, 5.41) is 1.68. The molecule has 152 valence electrons. The number of aromatic nitrogens is 3. The summed E-state index contributed by atoms with van der Waals surface area (Å²) in [5.74, 6) is 1.67. The van der Waals surface area contributed by atoms with E-state index in [4.69, 9.17) is 9.15 Å². The first-order valence-corrected chi connectivity index (χ1v) is 10.0. The van der Waals surface area contributed by atoms with Crippen LogP contribution in [-0.2, 0) is 0 Å². The van der Waals surface area contributed by atoms with Gasteiger partial charge in [-0.1, -0.05) is 26.0 Å². The fourth-order valence-corrected chi connectivity index (χ4v) is 3.57. The molecule has 0 radical (unpaired) electrons. The maximum Gasteiger partial charge on any atom is 0.336 e. The monoisotopic (exact) mass is 409 g/mol. The molecule has 5 rings (SSSR count). The second-order valence-electron chi connectivity index (χ2n) is 7.55. The van der Waals surface area contributed by atoms with Crippen LogP contribution in [0.1, 0.15) is 25.3 Å². The molecule has 5 aromatic rings. The molecule has 6 heteroatoms. The minimum atomic E-state index is -0.375. The molecule has 0 N–H and O–H groups in total. The summed E-state index contributed by atoms with van der Waals surface area (Å²) in [7, 11) is 0. The quantitative estimate of drug-likeness (QED) is 0.354. The lowest BCUT2D eigenvalue weighted by molar-refractivity contribution is 0.467. The van der Waals surface area contributed by atoms with Gasteiger partial charge in [-0.15, -0.1) is 0 Å². The van der Waals surface area contributed by atoms with Crippen LogP contribution in [0.25, 0.3) is 33.3 Å². The predicted octanol–water partition coefficient (Wildman–Crippen LogP) is 5.71. The third kappa shape index (κ3) is 3.64. The first-order chi connectivity index (χ1) is 15.1. The van der Waals surface area contributed by atoms with E-state index in [-0.39, 0.29) is 11.5 Å². The average molecular weight is 409 g/mol. The Morgan fingerprint density at radius 1 is 0.935 bits per heavy atom. The molecule has 0 spiro atoms. The lowest BCUT2D eigenvalue weighted by Gasteiger charge is -2.12. The Balaban J connectivity index is 1.63. The van der Waals surface area contributed by atoms with E-state index in [2.05, 4.69) is 15.0 Å². The zero-order valence-electron chi connectivity index (χ0n) is 17.1. The molecular weight excluding hydrogens is 390 g/mol. The van der Waals surface area contributed by atoms with E-state index in [0.29, 0.717) is 23.0 Å². The van der Waals surface area contributed by atoms with Gasteiger partial charge in [-0.05, 0) is 47.9 Å². The van der Waals surface area contributed by atoms with Crippen molar-refractivity contribution in [1.82, 2.24) is 15.0 Å². The Hall–Kier alpha value is -4.06. The van der Waals surface area contributed by atoms with Gasteiger partial charge in [0.15, 0.2) is 5.82 Å². The zero-order chi connectivity index (χ0) is 21.4. The number of para-hydroxylation sites is 1. The van der Waals surface area contributed by atoms with Crippen molar-refractivity contribution in [3.63, 3.8) is 0 Å². The lowest BCUT2D eigenvalue weighted by atomic mass is 10.00. The van der Waals surface area contributed by atoms with Crippen LogP contribution in [0.15, 0.2) is 82.3 Å². The van der Waals surface area contributed by atoms with Crippen LogP contribution in [-0.4, -0.2) is 15.0 Å². The first kappa shape index (κ1) is 18.9. The Morgan fingerprint density at radius 3 is 2.61 bits per heavy atom. The van der Waals surface area contributed by atoms with Gasteiger partial charge in [-0.2, -0.15) is 4.98 Å². The second-order valence-corrected chi connectivity index (χ2v) is 7.55. The van der Waals surface area contributed by atoms with E-state index in [1.165, 1.54) is 0 Å². The Bertz CT molecular complexity index is 1460. The maximum atomic E-state index is 12.0. The van der Waals surface area contributed by atoms with E-state index in [1.807, 2.05) is 62.4 Å². The van der Waals surface area contributed by atoms with Gasteiger partial charge in [0.05, 0.1) is 10.9 Å². The number of ether oxygens (including phenoxy) is 1. The van der Waals surface area contributed by atoms with E-state index < -0.39 is 0 Å². The smallest absolute Gasteiger partial charge is 0.336 e. The van der Waals surface area contributed by atoms with E-state index in [9.17, 15) is 4.79 Å². The second kappa shape index (κ2) is 7.65. The molecule has 0 unspecified atom stereocenters. The molecule has 0 fully saturated rings. The van der Waals surface area contributed by atoms with Crippen molar-refractivity contribution in [2.24, 2.45) is 0 Å². The molecule has 0 atom stereocenters. The molecule has 3 heterocycles. The third-order valence-corrected chi connectivity index (χ3v) is 5.07. The van der Waals surface area contributed by atoms with Crippen LogP contribution in [0.2, 0.25) is 0 Å². The molecule has 0 amide bonds. The number of benzene rings is 2. The minimum Gasteiger partial charge on any atom is -0.438 e. The Morgan fingerprint density at radius 2 is 1.81 bits per heavy atom. The van der Waals surface area contributed by atoms with Gasteiger partial charge in [-0.25, -0.2) is 9.78 Å². The standard InChI is InChI=1S/C25H19N3O3/c1-15(2)20-13-23(29)31-22-12-17(9-10-18(20)22)30-25-19-7-3-4-8-21(19)27-24(28-25)16-6-5-11-26-14-16/h3-15H,1-2H3. The zero-order valence-corrected chi connectivity index (χ0v) is 17.1. The van der Waals surface area contributed by atoms with Crippen molar-refractivity contribution in [3.8, 4) is 23.0 Å². The third-order valence-electron chi connectivity index (χ3n) is 5.07. The Labute approximate surface area is 178 Å². The van der Waals surface area contributed by atoms with Crippen molar-refractivity contribution in [3.05, 3.63) is 89.0 Å². The van der Waals surface area contributed by atoms with Crippen molar-refractivity contribution in [2.45, 2.75) is 19.8 Å². The molecule has 0 aliphatic rings. The van der Waals surface area contributed by atoms with Crippen molar-refractivity contribution in [2.75, 3.05) is 0 Å². The summed E-state index contributed by atoms with van der Waals surface area (Å²) in [6.07, 6.45) is 3.42. The summed E-state index contributed by atoms with van der Waals surface area (Å²) < 4.78 is 11.6. The highest BCUT2D eigenvalue weighted by Crippen LogP contribution is 2.32. The summed E-state index contributed by atoms with van der Waals surface area (Å²) in [6, 6.07) is 18.4. The van der Waals surface area contributed by atoms with Crippen LogP contribution < -0.4 is 10.4 Å². The molecule has 0 saturated carbocycles. The van der Waals surface area contributed by atoms with Crippen molar-refractivity contribution >= 4 is 21.9 Å². The molecule has 0 aliphatic carbocycles. The summed E-state index contributed by atoms with van der Waals surface area (Å²) in [6.45, 7) is 4.09. The number of pyridine rings is 1. The summed E-state index contributed by atoms with van der Waals surface area (Å²) in [4.78, 5) is 25.5. The molecule has 6 nitrogen and oxygen atoms in total. The van der Waals surface area contributed by atoms with Gasteiger partial charge in [0.25, 0.3) is 0 Å². The normalized spacial score (nSPS) is 11.3. The molecule has 2 aromatic carbocycles. The van der Waals surface area contributed by atoms with E-state index >= 15 is 0 Å². The first-order valence-electron chi connectivity index (χ1n) is 10.0. The summed E-state index contributed by atoms with van der Waals surface area (Å²) >= 11 is 0. The van der Waals surface area contributed by atoms with Gasteiger partial charge < -0.3 is 9.15 Å². The highest BCUT2D eigenvalue weighted by Gasteiger charge is 2.14. The fraction of sp³-hybridized carbons (Fsp3) is 0.120. The highest BCUT2D eigenvalue weighted by atomic mass is 16.5. The number of hydrogen-bond acceptors (Lipinski definition) is 6. The number of hydrogen-bond donors (Lipinski definition) is 0. The molecular formula is C25H19N3O3. The van der Waals surface area contributed by atoms with Crippen molar-refractivity contribution in [1.29, 1.82) is 0 Å². The summed E-state index contributed by atoms with van der Waals surface area (Å²) in [5.41, 5.74) is 2.62. The highest BCUT2D eigenvalue weighted by molar-refractivity contribution is 5.86. The van der Waals surface area contributed by atoms with E-state index in [1.54, 1.807) is 24.5 Å². The van der Waals surface area contributed by atoms with E-state index in [0.717, 1.165) is 27.4 Å². The molecule has 0 bridgehead atoms. The van der Waals surface area contributed by atoms with Gasteiger partial charge in [0.1, 0.15) is 11.3 Å². The molecule has 31 heavy (non-hydrogen) atoms. The van der Waals surface area contributed by atoms with Crippen LogP contribution in [0.3, 0.4) is 0 Å². The number of fused-ring (bicyclic) bond motifs is 2. The van der Waals surface area contributed by atoms with Crippen LogP contribution >= 0.6 is 0 Å².